The Kier molecular flexibility index (Phi) is 4.28. The fraction of sp³-hybridized carbons (Fsp3) is 0.417. The van der Waals surface area contributed by atoms with Crippen molar-refractivity contribution in [2.75, 3.05) is 7.11 Å². The summed E-state index contributed by atoms with van der Waals surface area (Å²) in [5.74, 6) is 0.256. The Morgan fingerprint density at radius 2 is 2.21 bits per heavy atom. The Hall–Kier alpha value is -1.73. The van der Waals surface area contributed by atoms with Gasteiger partial charge in [0, 0.05) is 7.11 Å². The Morgan fingerprint density at radius 3 is 2.84 bits per heavy atom. The van der Waals surface area contributed by atoms with Gasteiger partial charge < -0.3 is 14.0 Å². The Labute approximate surface area is 114 Å². The lowest BCUT2D eigenvalue weighted by atomic mass is 10.3. The number of nitrogens with zero attached hydrogens (tertiary/aromatic N) is 2. The molecule has 0 saturated heterocycles. The van der Waals surface area contributed by atoms with Gasteiger partial charge in [-0.2, -0.15) is 0 Å². The SMILES string of the molecule is COCc1nc(C)c(C(=O)OCc2cnoc2C)s1. The van der Waals surface area contributed by atoms with Crippen molar-refractivity contribution < 1.29 is 18.8 Å². The van der Waals surface area contributed by atoms with Crippen molar-refractivity contribution in [3.05, 3.63) is 33.1 Å². The Balaban J connectivity index is 2.02. The number of aryl methyl sites for hydroxylation is 2. The van der Waals surface area contributed by atoms with Gasteiger partial charge in [-0.3, -0.25) is 0 Å². The van der Waals surface area contributed by atoms with E-state index in [9.17, 15) is 4.79 Å². The number of methoxy groups -OCH3 is 1. The molecule has 0 bridgehead atoms. The molecule has 0 spiro atoms. The van der Waals surface area contributed by atoms with E-state index in [1.807, 2.05) is 0 Å². The van der Waals surface area contributed by atoms with E-state index in [0.717, 1.165) is 10.6 Å². The van der Waals surface area contributed by atoms with Crippen LogP contribution in [0.15, 0.2) is 10.7 Å². The van der Waals surface area contributed by atoms with Crippen molar-refractivity contribution in [1.82, 2.24) is 10.1 Å². The van der Waals surface area contributed by atoms with E-state index in [4.69, 9.17) is 14.0 Å². The predicted octanol–water partition coefficient (Wildman–Crippen LogP) is 2.25. The van der Waals surface area contributed by atoms with Crippen molar-refractivity contribution in [2.45, 2.75) is 27.1 Å². The van der Waals surface area contributed by atoms with E-state index in [2.05, 4.69) is 10.1 Å². The van der Waals surface area contributed by atoms with Gasteiger partial charge in [-0.25, -0.2) is 9.78 Å². The number of carbonyl (C=O) groups excluding carboxylic acids is 1. The Morgan fingerprint density at radius 1 is 1.42 bits per heavy atom. The molecule has 0 radical (unpaired) electrons. The zero-order valence-electron chi connectivity index (χ0n) is 10.9. The van der Waals surface area contributed by atoms with Crippen LogP contribution in [0, 0.1) is 13.8 Å². The second kappa shape index (κ2) is 5.94. The quantitative estimate of drug-likeness (QED) is 0.783. The third kappa shape index (κ3) is 3.18. The molecule has 2 rings (SSSR count). The third-order valence-corrected chi connectivity index (χ3v) is 3.61. The smallest absolute Gasteiger partial charge is 0.350 e. The normalized spacial score (nSPS) is 10.7. The average molecular weight is 282 g/mol. The molecule has 7 heteroatoms. The summed E-state index contributed by atoms with van der Waals surface area (Å²) < 4.78 is 15.1. The standard InChI is InChI=1S/C12H14N2O4S/c1-7-11(19-10(14-7)6-16-3)12(15)17-5-9-4-13-18-8(9)2/h4H,5-6H2,1-3H3. The van der Waals surface area contributed by atoms with Crippen LogP contribution in [0.4, 0.5) is 0 Å². The van der Waals surface area contributed by atoms with Crippen LogP contribution in [0.2, 0.25) is 0 Å². The molecule has 0 aromatic carbocycles. The summed E-state index contributed by atoms with van der Waals surface area (Å²) in [5, 5.41) is 4.38. The summed E-state index contributed by atoms with van der Waals surface area (Å²) in [4.78, 5) is 16.7. The number of carbonyl (C=O) groups is 1. The third-order valence-electron chi connectivity index (χ3n) is 2.50. The maximum absolute atomic E-state index is 11.9. The highest BCUT2D eigenvalue weighted by atomic mass is 32.1. The molecular weight excluding hydrogens is 268 g/mol. The van der Waals surface area contributed by atoms with Crippen molar-refractivity contribution in [3.8, 4) is 0 Å². The monoisotopic (exact) mass is 282 g/mol. The van der Waals surface area contributed by atoms with Crippen LogP contribution in [0.1, 0.15) is 31.7 Å². The van der Waals surface area contributed by atoms with Gasteiger partial charge in [-0.05, 0) is 13.8 Å². The molecule has 0 aliphatic heterocycles. The van der Waals surface area contributed by atoms with Gasteiger partial charge in [-0.15, -0.1) is 11.3 Å². The topological polar surface area (TPSA) is 74.5 Å². The fourth-order valence-electron chi connectivity index (χ4n) is 1.49. The first-order chi connectivity index (χ1) is 9.11. The lowest BCUT2D eigenvalue weighted by molar-refractivity contribution is 0.0476. The second-order valence-electron chi connectivity index (χ2n) is 3.94. The first kappa shape index (κ1) is 13.7. The second-order valence-corrected chi connectivity index (χ2v) is 5.02. The molecular formula is C12H14N2O4S. The fourth-order valence-corrected chi connectivity index (χ4v) is 2.42. The van der Waals surface area contributed by atoms with Gasteiger partial charge in [-0.1, -0.05) is 5.16 Å². The van der Waals surface area contributed by atoms with Crippen molar-refractivity contribution >= 4 is 17.3 Å². The molecule has 0 amide bonds. The number of rotatable bonds is 5. The molecule has 2 aromatic rings. The molecule has 0 aliphatic carbocycles. The number of hydrogen-bond donors (Lipinski definition) is 0. The van der Waals surface area contributed by atoms with Gasteiger partial charge >= 0.3 is 5.97 Å². The lowest BCUT2D eigenvalue weighted by Gasteiger charge is -2.01. The number of aromatic nitrogens is 2. The van der Waals surface area contributed by atoms with E-state index in [1.165, 1.54) is 11.3 Å². The zero-order chi connectivity index (χ0) is 13.8. The van der Waals surface area contributed by atoms with Crippen LogP contribution in [-0.4, -0.2) is 23.2 Å². The lowest BCUT2D eigenvalue weighted by Crippen LogP contribution is -2.05. The number of hydrogen-bond acceptors (Lipinski definition) is 7. The number of ether oxygens (including phenoxy) is 2. The molecule has 2 heterocycles. The van der Waals surface area contributed by atoms with Crippen molar-refractivity contribution in [3.63, 3.8) is 0 Å². The molecule has 0 N–H and O–H groups in total. The van der Waals surface area contributed by atoms with E-state index in [0.29, 0.717) is 22.9 Å². The average Bonchev–Trinajstić information content (AvgIpc) is 2.93. The summed E-state index contributed by atoms with van der Waals surface area (Å²) in [6.45, 7) is 4.08. The van der Waals surface area contributed by atoms with E-state index >= 15 is 0 Å². The van der Waals surface area contributed by atoms with Crippen LogP contribution in [-0.2, 0) is 22.7 Å². The highest BCUT2D eigenvalue weighted by Crippen LogP contribution is 2.20. The van der Waals surface area contributed by atoms with Gasteiger partial charge in [0.25, 0.3) is 0 Å². The summed E-state index contributed by atoms with van der Waals surface area (Å²) in [7, 11) is 1.59. The molecule has 102 valence electrons. The van der Waals surface area contributed by atoms with Gasteiger partial charge in [0.2, 0.25) is 0 Å². The first-order valence-electron chi connectivity index (χ1n) is 5.64. The molecule has 0 fully saturated rings. The van der Waals surface area contributed by atoms with Crippen LogP contribution >= 0.6 is 11.3 Å². The largest absolute Gasteiger partial charge is 0.456 e. The van der Waals surface area contributed by atoms with Crippen LogP contribution in [0.5, 0.6) is 0 Å². The minimum Gasteiger partial charge on any atom is -0.456 e. The van der Waals surface area contributed by atoms with E-state index < -0.39 is 5.97 Å². The molecule has 0 aliphatic rings. The zero-order valence-corrected chi connectivity index (χ0v) is 11.7. The van der Waals surface area contributed by atoms with Gasteiger partial charge in [0.15, 0.2) is 0 Å². The van der Waals surface area contributed by atoms with Crippen LogP contribution in [0.3, 0.4) is 0 Å². The van der Waals surface area contributed by atoms with E-state index in [-0.39, 0.29) is 6.61 Å². The van der Waals surface area contributed by atoms with Crippen molar-refractivity contribution in [1.29, 1.82) is 0 Å². The summed E-state index contributed by atoms with van der Waals surface area (Å²) in [6.07, 6.45) is 1.54. The van der Waals surface area contributed by atoms with Gasteiger partial charge in [0.1, 0.15) is 22.3 Å². The summed E-state index contributed by atoms with van der Waals surface area (Å²) >= 11 is 1.28. The van der Waals surface area contributed by atoms with Gasteiger partial charge in [0.05, 0.1) is 24.1 Å². The van der Waals surface area contributed by atoms with Crippen LogP contribution < -0.4 is 0 Å². The molecule has 0 unspecified atom stereocenters. The highest BCUT2D eigenvalue weighted by Gasteiger charge is 2.17. The molecule has 19 heavy (non-hydrogen) atoms. The summed E-state index contributed by atoms with van der Waals surface area (Å²) in [5.41, 5.74) is 1.41. The maximum atomic E-state index is 11.9. The number of esters is 1. The Bertz CT molecular complexity index is 576. The van der Waals surface area contributed by atoms with Crippen LogP contribution in [0.25, 0.3) is 0 Å². The molecule has 0 saturated carbocycles. The maximum Gasteiger partial charge on any atom is 0.350 e. The summed E-state index contributed by atoms with van der Waals surface area (Å²) in [6, 6.07) is 0. The molecule has 0 atom stereocenters. The predicted molar refractivity (Wildman–Crippen MR) is 67.9 cm³/mol. The number of thiazole rings is 1. The highest BCUT2D eigenvalue weighted by molar-refractivity contribution is 7.13. The van der Waals surface area contributed by atoms with Crippen molar-refractivity contribution in [2.24, 2.45) is 0 Å². The minimum atomic E-state index is -0.391. The first-order valence-corrected chi connectivity index (χ1v) is 6.46. The molecule has 2 aromatic heterocycles. The molecule has 6 nitrogen and oxygen atoms in total. The van der Waals surface area contributed by atoms with E-state index in [1.54, 1.807) is 27.2 Å². The minimum absolute atomic E-state index is 0.144.